The molecule has 0 radical (unpaired) electrons. The quantitative estimate of drug-likeness (QED) is 0.338. The minimum atomic E-state index is -4.96. The van der Waals surface area contributed by atoms with Crippen LogP contribution in [0.4, 0.5) is 18.9 Å². The Labute approximate surface area is 196 Å². The molecule has 4 atom stereocenters. The highest BCUT2D eigenvalue weighted by Crippen LogP contribution is 2.31. The van der Waals surface area contributed by atoms with E-state index in [0.717, 1.165) is 0 Å². The second-order valence-electron chi connectivity index (χ2n) is 9.55. The number of benzene rings is 1. The predicted octanol–water partition coefficient (Wildman–Crippen LogP) is 1.73. The van der Waals surface area contributed by atoms with E-state index in [9.17, 15) is 32.7 Å². The predicted molar refractivity (Wildman–Crippen MR) is 121 cm³/mol. The van der Waals surface area contributed by atoms with Crippen LogP contribution in [0.5, 0.6) is 0 Å². The molecule has 2 rings (SSSR count). The number of amides is 2. The van der Waals surface area contributed by atoms with Crippen LogP contribution in [-0.4, -0.2) is 59.2 Å². The van der Waals surface area contributed by atoms with Crippen molar-refractivity contribution in [2.75, 3.05) is 11.9 Å². The summed E-state index contributed by atoms with van der Waals surface area (Å²) in [7, 11) is 0. The molecule has 190 valence electrons. The molecule has 0 aliphatic carbocycles. The van der Waals surface area contributed by atoms with E-state index in [4.69, 9.17) is 5.73 Å². The lowest BCUT2D eigenvalue weighted by Gasteiger charge is -2.37. The minimum absolute atomic E-state index is 0.00528. The van der Waals surface area contributed by atoms with E-state index in [0.29, 0.717) is 12.1 Å². The number of carbonyl (C=O) groups is 3. The number of aliphatic hydroxyl groups is 1. The van der Waals surface area contributed by atoms with E-state index < -0.39 is 58.8 Å². The molecule has 34 heavy (non-hydrogen) atoms. The van der Waals surface area contributed by atoms with Crippen LogP contribution in [0.3, 0.4) is 0 Å². The fourth-order valence-electron chi connectivity index (χ4n) is 3.90. The molecule has 11 heteroatoms. The normalized spacial score (nSPS) is 21.6. The molecule has 0 aromatic heterocycles. The molecule has 1 saturated heterocycles. The van der Waals surface area contributed by atoms with Crippen LogP contribution in [0.1, 0.15) is 40.5 Å². The van der Waals surface area contributed by atoms with Crippen molar-refractivity contribution in [1.82, 2.24) is 10.6 Å². The summed E-state index contributed by atoms with van der Waals surface area (Å²) >= 11 is 0. The monoisotopic (exact) mass is 486 g/mol. The van der Waals surface area contributed by atoms with Gasteiger partial charge in [-0.2, -0.15) is 13.2 Å². The Bertz CT molecular complexity index is 884. The van der Waals surface area contributed by atoms with Crippen molar-refractivity contribution in [3.8, 4) is 0 Å². The Balaban J connectivity index is 2.28. The number of rotatable bonds is 9. The second-order valence-corrected chi connectivity index (χ2v) is 9.55. The summed E-state index contributed by atoms with van der Waals surface area (Å²) in [5, 5.41) is 17.4. The zero-order chi connectivity index (χ0) is 25.9. The third-order valence-electron chi connectivity index (χ3n) is 6.33. The van der Waals surface area contributed by atoms with Gasteiger partial charge in [-0.25, -0.2) is 0 Å². The summed E-state index contributed by atoms with van der Waals surface area (Å²) in [5.41, 5.74) is 3.34. The number of Topliss-reactive ketones (excluding diaryl/α,β-unsaturated/α-hetero) is 1. The summed E-state index contributed by atoms with van der Waals surface area (Å²) in [6.45, 7) is 6.01. The smallest absolute Gasteiger partial charge is 0.382 e. The molecule has 2 unspecified atom stereocenters. The first-order chi connectivity index (χ1) is 15.6. The summed E-state index contributed by atoms with van der Waals surface area (Å²) in [5.74, 6) is -3.15. The zero-order valence-corrected chi connectivity index (χ0v) is 19.7. The SMILES string of the molecule is CC(C)C(NC(=O)[C@@]1(C(=O)[C@@H](N)C(C)(C)C(=O)Nc2ccccc2)CCCN1)C(O)C(F)(F)F. The molecule has 8 nitrogen and oxygen atoms in total. The van der Waals surface area contributed by atoms with Crippen LogP contribution < -0.4 is 21.7 Å². The minimum Gasteiger partial charge on any atom is -0.382 e. The van der Waals surface area contributed by atoms with E-state index in [1.807, 2.05) is 0 Å². The number of nitrogens with two attached hydrogens (primary N) is 1. The first-order valence-electron chi connectivity index (χ1n) is 11.1. The average Bonchev–Trinajstić information content (AvgIpc) is 3.26. The van der Waals surface area contributed by atoms with Gasteiger partial charge in [-0.1, -0.05) is 32.0 Å². The average molecular weight is 487 g/mol. The van der Waals surface area contributed by atoms with E-state index in [-0.39, 0.29) is 13.0 Å². The van der Waals surface area contributed by atoms with Crippen LogP contribution >= 0.6 is 0 Å². The van der Waals surface area contributed by atoms with Gasteiger partial charge in [0.1, 0.15) is 0 Å². The van der Waals surface area contributed by atoms with Gasteiger partial charge >= 0.3 is 6.18 Å². The lowest BCUT2D eigenvalue weighted by atomic mass is 9.74. The van der Waals surface area contributed by atoms with Crippen molar-refractivity contribution >= 4 is 23.3 Å². The van der Waals surface area contributed by atoms with E-state index >= 15 is 0 Å². The highest BCUT2D eigenvalue weighted by molar-refractivity contribution is 6.15. The molecular weight excluding hydrogens is 453 g/mol. The zero-order valence-electron chi connectivity index (χ0n) is 19.7. The third kappa shape index (κ3) is 5.76. The highest BCUT2D eigenvalue weighted by Gasteiger charge is 2.55. The van der Waals surface area contributed by atoms with Gasteiger partial charge in [0, 0.05) is 5.69 Å². The first kappa shape index (κ1) is 27.7. The molecule has 1 aromatic rings. The number of halogens is 3. The fraction of sp³-hybridized carbons (Fsp3) is 0.609. The molecule has 1 aliphatic rings. The van der Waals surface area contributed by atoms with Gasteiger partial charge in [0.05, 0.1) is 17.5 Å². The second kappa shape index (κ2) is 10.4. The van der Waals surface area contributed by atoms with Gasteiger partial charge in [0.15, 0.2) is 17.4 Å². The van der Waals surface area contributed by atoms with Crippen molar-refractivity contribution in [1.29, 1.82) is 0 Å². The summed E-state index contributed by atoms with van der Waals surface area (Å²) in [4.78, 5) is 39.6. The number of carbonyl (C=O) groups excluding carboxylic acids is 3. The van der Waals surface area contributed by atoms with Gasteiger partial charge in [-0.3, -0.25) is 19.7 Å². The van der Waals surface area contributed by atoms with Crippen LogP contribution in [0.25, 0.3) is 0 Å². The Hall–Kier alpha value is -2.50. The number of ketones is 1. The molecule has 1 heterocycles. The summed E-state index contributed by atoms with van der Waals surface area (Å²) in [6.07, 6.45) is -7.38. The molecule has 1 aliphatic heterocycles. The molecular formula is C23H33F3N4O4. The molecule has 2 amide bonds. The van der Waals surface area contributed by atoms with E-state index in [2.05, 4.69) is 16.0 Å². The number of aliphatic hydroxyl groups excluding tert-OH is 1. The lowest BCUT2D eigenvalue weighted by Crippen LogP contribution is -2.68. The van der Waals surface area contributed by atoms with Crippen LogP contribution in [-0.2, 0) is 14.4 Å². The van der Waals surface area contributed by atoms with E-state index in [1.165, 1.54) is 27.7 Å². The molecule has 0 saturated carbocycles. The van der Waals surface area contributed by atoms with Crippen molar-refractivity contribution in [3.63, 3.8) is 0 Å². The summed E-state index contributed by atoms with van der Waals surface area (Å²) in [6, 6.07) is 5.40. The maximum Gasteiger partial charge on any atom is 0.416 e. The third-order valence-corrected chi connectivity index (χ3v) is 6.33. The highest BCUT2D eigenvalue weighted by atomic mass is 19.4. The van der Waals surface area contributed by atoms with E-state index in [1.54, 1.807) is 30.3 Å². The standard InChI is InChI=1S/C23H33F3N4O4/c1-13(2)15(17(31)23(24,25)26)30-20(34)22(11-8-12-28-22)18(32)16(27)21(3,4)19(33)29-14-9-6-5-7-10-14/h5-7,9-10,13,15-17,28,31H,8,11-12,27H2,1-4H3,(H,29,33)(H,30,34)/t15?,16-,17?,22+/m1/s1. The molecule has 0 bridgehead atoms. The van der Waals surface area contributed by atoms with Gasteiger partial charge in [0.25, 0.3) is 0 Å². The number of alkyl halides is 3. The van der Waals surface area contributed by atoms with Crippen molar-refractivity contribution < 1.29 is 32.7 Å². The Morgan fingerprint density at radius 2 is 1.74 bits per heavy atom. The largest absolute Gasteiger partial charge is 0.416 e. The van der Waals surface area contributed by atoms with Crippen molar-refractivity contribution in [3.05, 3.63) is 30.3 Å². The van der Waals surface area contributed by atoms with Crippen molar-refractivity contribution in [2.24, 2.45) is 17.1 Å². The van der Waals surface area contributed by atoms with Crippen LogP contribution in [0.2, 0.25) is 0 Å². The van der Waals surface area contributed by atoms with Gasteiger partial charge in [-0.15, -0.1) is 0 Å². The van der Waals surface area contributed by atoms with Gasteiger partial charge < -0.3 is 21.5 Å². The number of nitrogens with one attached hydrogen (secondary N) is 3. The first-order valence-corrected chi connectivity index (χ1v) is 11.1. The topological polar surface area (TPSA) is 134 Å². The number of hydrogen-bond acceptors (Lipinski definition) is 6. The summed E-state index contributed by atoms with van der Waals surface area (Å²) < 4.78 is 39.4. The number of hydrogen-bond donors (Lipinski definition) is 5. The molecule has 1 fully saturated rings. The number of para-hydroxylation sites is 1. The Morgan fingerprint density at radius 3 is 2.21 bits per heavy atom. The Morgan fingerprint density at radius 1 is 1.15 bits per heavy atom. The maximum atomic E-state index is 13.5. The molecule has 6 N–H and O–H groups in total. The van der Waals surface area contributed by atoms with Crippen molar-refractivity contribution in [2.45, 2.75) is 70.4 Å². The van der Waals surface area contributed by atoms with Crippen LogP contribution in [0, 0.1) is 11.3 Å². The van der Waals surface area contributed by atoms with Crippen LogP contribution in [0.15, 0.2) is 30.3 Å². The fourth-order valence-corrected chi connectivity index (χ4v) is 3.90. The molecule has 0 spiro atoms. The Kier molecular flexibility index (Phi) is 8.49. The molecule has 1 aromatic carbocycles. The maximum absolute atomic E-state index is 13.5. The van der Waals surface area contributed by atoms with Gasteiger partial charge in [0.2, 0.25) is 11.8 Å². The lowest BCUT2D eigenvalue weighted by molar-refractivity contribution is -0.215. The number of anilines is 1. The van der Waals surface area contributed by atoms with Gasteiger partial charge in [-0.05, 0) is 51.3 Å².